The first-order chi connectivity index (χ1) is 13.1. The van der Waals surface area contributed by atoms with Crippen LogP contribution in [-0.2, 0) is 0 Å². The maximum Gasteiger partial charge on any atom is 0.193 e. The van der Waals surface area contributed by atoms with Gasteiger partial charge in [-0.1, -0.05) is 29.8 Å². The van der Waals surface area contributed by atoms with Crippen LogP contribution >= 0.6 is 11.6 Å². The Morgan fingerprint density at radius 2 is 2.00 bits per heavy atom. The molecule has 27 heavy (non-hydrogen) atoms. The summed E-state index contributed by atoms with van der Waals surface area (Å²) in [5.74, 6) is 0.603. The Morgan fingerprint density at radius 3 is 2.70 bits per heavy atom. The molecule has 7 heteroatoms. The molecule has 1 unspecified atom stereocenters. The molecule has 1 heterocycles. The quantitative estimate of drug-likeness (QED) is 0.577. The minimum absolute atomic E-state index is 0.246. The van der Waals surface area contributed by atoms with Crippen molar-refractivity contribution < 1.29 is 9.13 Å². The average Bonchev–Trinajstić information content (AvgIpc) is 3.19. The molecule has 2 aromatic carbocycles. The highest BCUT2D eigenvalue weighted by Crippen LogP contribution is 2.32. The van der Waals surface area contributed by atoms with Gasteiger partial charge in [-0.15, -0.1) is 0 Å². The van der Waals surface area contributed by atoms with Gasteiger partial charge < -0.3 is 15.8 Å². The van der Waals surface area contributed by atoms with Crippen LogP contribution in [-0.4, -0.2) is 37.6 Å². The van der Waals surface area contributed by atoms with E-state index >= 15 is 0 Å². The minimum atomic E-state index is -0.314. The van der Waals surface area contributed by atoms with Crippen molar-refractivity contribution in [1.82, 2.24) is 4.90 Å². The number of hydrogen-bond acceptors (Lipinski definition) is 3. The smallest absolute Gasteiger partial charge is 0.193 e. The molecule has 144 valence electrons. The van der Waals surface area contributed by atoms with Gasteiger partial charge >= 0.3 is 0 Å². The number of halogens is 2. The van der Waals surface area contributed by atoms with Crippen LogP contribution in [0.3, 0.4) is 0 Å². The van der Waals surface area contributed by atoms with E-state index in [-0.39, 0.29) is 17.8 Å². The summed E-state index contributed by atoms with van der Waals surface area (Å²) in [6, 6.07) is 12.0. The molecule has 0 saturated carbocycles. The first kappa shape index (κ1) is 19.5. The van der Waals surface area contributed by atoms with E-state index in [1.807, 2.05) is 24.3 Å². The van der Waals surface area contributed by atoms with E-state index in [0.717, 1.165) is 31.6 Å². The number of anilines is 1. The second-order valence-corrected chi connectivity index (χ2v) is 6.85. The van der Waals surface area contributed by atoms with Crippen LogP contribution in [0.4, 0.5) is 10.1 Å². The number of para-hydroxylation sites is 2. The van der Waals surface area contributed by atoms with Crippen molar-refractivity contribution in [3.63, 3.8) is 0 Å². The SMILES string of the molecule is COc1ccccc1NC(N)=NCC(c1c(F)cccc1Cl)N1CCCC1. The third-order valence-electron chi connectivity index (χ3n) is 4.72. The zero-order valence-corrected chi connectivity index (χ0v) is 16.0. The topological polar surface area (TPSA) is 62.9 Å². The van der Waals surface area contributed by atoms with Crippen molar-refractivity contribution in [2.45, 2.75) is 18.9 Å². The number of likely N-dealkylation sites (tertiary alicyclic amines) is 1. The minimum Gasteiger partial charge on any atom is -0.495 e. The van der Waals surface area contributed by atoms with Crippen LogP contribution < -0.4 is 15.8 Å². The molecule has 0 spiro atoms. The molecule has 1 aliphatic heterocycles. The number of rotatable bonds is 6. The average molecular weight is 391 g/mol. The molecule has 3 N–H and O–H groups in total. The van der Waals surface area contributed by atoms with Crippen molar-refractivity contribution >= 4 is 23.2 Å². The summed E-state index contributed by atoms with van der Waals surface area (Å²) < 4.78 is 19.8. The standard InChI is InChI=1S/C20H24ClFN4O/c1-27-18-10-3-2-9-16(18)25-20(23)24-13-17(26-11-4-5-12-26)19-14(21)7-6-8-15(19)22/h2-3,6-10,17H,4-5,11-13H2,1H3,(H3,23,24,25). The maximum atomic E-state index is 14.5. The van der Waals surface area contributed by atoms with Crippen LogP contribution in [0, 0.1) is 5.82 Å². The lowest BCUT2D eigenvalue weighted by Gasteiger charge is -2.27. The van der Waals surface area contributed by atoms with Gasteiger partial charge in [-0.25, -0.2) is 4.39 Å². The number of nitrogens with zero attached hydrogens (tertiary/aromatic N) is 2. The molecule has 1 atom stereocenters. The number of nitrogens with two attached hydrogens (primary N) is 1. The Bertz CT molecular complexity index is 788. The molecule has 0 bridgehead atoms. The van der Waals surface area contributed by atoms with Crippen molar-refractivity contribution in [1.29, 1.82) is 0 Å². The number of aliphatic imine (C=N–C) groups is 1. The summed E-state index contributed by atoms with van der Waals surface area (Å²) in [5, 5.41) is 3.46. The third kappa shape index (κ3) is 4.70. The van der Waals surface area contributed by atoms with E-state index in [0.29, 0.717) is 22.9 Å². The second-order valence-electron chi connectivity index (χ2n) is 6.45. The molecule has 1 fully saturated rings. The summed E-state index contributed by atoms with van der Waals surface area (Å²) in [5.41, 5.74) is 7.27. The molecular weight excluding hydrogens is 367 g/mol. The fourth-order valence-electron chi connectivity index (χ4n) is 3.38. The zero-order valence-electron chi connectivity index (χ0n) is 15.3. The van der Waals surface area contributed by atoms with Crippen LogP contribution in [0.15, 0.2) is 47.5 Å². The summed E-state index contributed by atoms with van der Waals surface area (Å²) >= 11 is 6.31. The summed E-state index contributed by atoms with van der Waals surface area (Å²) in [6.07, 6.45) is 2.17. The summed E-state index contributed by atoms with van der Waals surface area (Å²) in [7, 11) is 1.59. The highest BCUT2D eigenvalue weighted by Gasteiger charge is 2.27. The van der Waals surface area contributed by atoms with Gasteiger partial charge in [0.25, 0.3) is 0 Å². The third-order valence-corrected chi connectivity index (χ3v) is 5.05. The van der Waals surface area contributed by atoms with Gasteiger partial charge in [0.05, 0.1) is 25.4 Å². The highest BCUT2D eigenvalue weighted by atomic mass is 35.5. The molecule has 0 amide bonds. The zero-order chi connectivity index (χ0) is 19.2. The molecule has 2 aromatic rings. The molecule has 5 nitrogen and oxygen atoms in total. The Balaban J connectivity index is 1.81. The monoisotopic (exact) mass is 390 g/mol. The lowest BCUT2D eigenvalue weighted by atomic mass is 10.0. The van der Waals surface area contributed by atoms with E-state index in [1.54, 1.807) is 19.2 Å². The van der Waals surface area contributed by atoms with Gasteiger partial charge in [0.1, 0.15) is 11.6 Å². The summed E-state index contributed by atoms with van der Waals surface area (Å²) in [4.78, 5) is 6.67. The number of methoxy groups -OCH3 is 1. The van der Waals surface area contributed by atoms with E-state index in [9.17, 15) is 4.39 Å². The van der Waals surface area contributed by atoms with E-state index < -0.39 is 0 Å². The van der Waals surface area contributed by atoms with Crippen LogP contribution in [0.5, 0.6) is 5.75 Å². The molecule has 0 radical (unpaired) electrons. The Kier molecular flexibility index (Phi) is 6.53. The van der Waals surface area contributed by atoms with Gasteiger partial charge in [-0.3, -0.25) is 9.89 Å². The predicted octanol–water partition coefficient (Wildman–Crippen LogP) is 4.05. The molecule has 0 aliphatic carbocycles. The first-order valence-corrected chi connectivity index (χ1v) is 9.36. The Hall–Kier alpha value is -2.31. The number of ether oxygens (including phenoxy) is 1. The van der Waals surface area contributed by atoms with E-state index in [2.05, 4.69) is 15.2 Å². The van der Waals surface area contributed by atoms with Crippen molar-refractivity contribution in [3.8, 4) is 5.75 Å². The van der Waals surface area contributed by atoms with Gasteiger partial charge in [0.15, 0.2) is 5.96 Å². The molecule has 3 rings (SSSR count). The van der Waals surface area contributed by atoms with Crippen LogP contribution in [0.1, 0.15) is 24.4 Å². The maximum absolute atomic E-state index is 14.5. The normalized spacial score (nSPS) is 16.3. The first-order valence-electron chi connectivity index (χ1n) is 8.98. The summed E-state index contributed by atoms with van der Waals surface area (Å²) in [6.45, 7) is 2.10. The van der Waals surface area contributed by atoms with Gasteiger partial charge in [-0.05, 0) is 50.2 Å². The Labute approximate surface area is 164 Å². The number of hydrogen-bond donors (Lipinski definition) is 2. The lowest BCUT2D eigenvalue weighted by molar-refractivity contribution is 0.246. The fourth-order valence-corrected chi connectivity index (χ4v) is 3.67. The molecule has 0 aromatic heterocycles. The van der Waals surface area contributed by atoms with Crippen molar-refractivity contribution in [2.24, 2.45) is 10.7 Å². The number of guanidine groups is 1. The van der Waals surface area contributed by atoms with Crippen LogP contribution in [0.2, 0.25) is 5.02 Å². The fraction of sp³-hybridized carbons (Fsp3) is 0.350. The van der Waals surface area contributed by atoms with Gasteiger partial charge in [0, 0.05) is 10.6 Å². The second kappa shape index (κ2) is 9.06. The van der Waals surface area contributed by atoms with Gasteiger partial charge in [0.2, 0.25) is 0 Å². The van der Waals surface area contributed by atoms with Gasteiger partial charge in [-0.2, -0.15) is 0 Å². The van der Waals surface area contributed by atoms with Crippen molar-refractivity contribution in [2.75, 3.05) is 32.1 Å². The number of nitrogens with one attached hydrogen (secondary N) is 1. The van der Waals surface area contributed by atoms with Crippen molar-refractivity contribution in [3.05, 3.63) is 58.9 Å². The lowest BCUT2D eigenvalue weighted by Crippen LogP contribution is -2.31. The molecule has 1 saturated heterocycles. The number of benzene rings is 2. The van der Waals surface area contributed by atoms with Crippen LogP contribution in [0.25, 0.3) is 0 Å². The largest absolute Gasteiger partial charge is 0.495 e. The molecule has 1 aliphatic rings. The van der Waals surface area contributed by atoms with E-state index in [4.69, 9.17) is 22.1 Å². The Morgan fingerprint density at radius 1 is 1.26 bits per heavy atom. The molecular formula is C20H24ClFN4O. The predicted molar refractivity (Wildman–Crippen MR) is 108 cm³/mol. The highest BCUT2D eigenvalue weighted by molar-refractivity contribution is 6.31. The van der Waals surface area contributed by atoms with E-state index in [1.165, 1.54) is 6.07 Å².